The first kappa shape index (κ1) is 14.7. The summed E-state index contributed by atoms with van der Waals surface area (Å²) in [5.74, 6) is 0.153. The lowest BCUT2D eigenvalue weighted by Crippen LogP contribution is -2.26. The molecule has 0 aliphatic carbocycles. The zero-order valence-electron chi connectivity index (χ0n) is 12.6. The Labute approximate surface area is 129 Å². The van der Waals surface area contributed by atoms with Gasteiger partial charge in [0.1, 0.15) is 0 Å². The summed E-state index contributed by atoms with van der Waals surface area (Å²) in [5, 5.41) is 9.90. The van der Waals surface area contributed by atoms with Gasteiger partial charge in [0.25, 0.3) is 5.91 Å². The second-order valence-electron chi connectivity index (χ2n) is 5.57. The molecular weight excluding hydrogens is 280 g/mol. The number of pyridine rings is 1. The number of nitrogens with zero attached hydrogens (tertiary/aromatic N) is 2. The van der Waals surface area contributed by atoms with Crippen LogP contribution in [0.15, 0.2) is 24.5 Å². The van der Waals surface area contributed by atoms with Crippen molar-refractivity contribution in [3.63, 3.8) is 0 Å². The van der Waals surface area contributed by atoms with E-state index in [2.05, 4.69) is 20.5 Å². The maximum Gasteiger partial charge on any atom is 0.254 e. The van der Waals surface area contributed by atoms with Crippen molar-refractivity contribution < 1.29 is 9.53 Å². The van der Waals surface area contributed by atoms with Crippen molar-refractivity contribution in [2.75, 3.05) is 19.8 Å². The average Bonchev–Trinajstić information content (AvgIpc) is 3.19. The van der Waals surface area contributed by atoms with Gasteiger partial charge in [-0.1, -0.05) is 6.07 Å². The van der Waals surface area contributed by atoms with Crippen LogP contribution in [0, 0.1) is 6.92 Å². The molecule has 0 unspecified atom stereocenters. The predicted molar refractivity (Wildman–Crippen MR) is 81.8 cm³/mol. The fraction of sp³-hybridized carbons (Fsp3) is 0.438. The molecule has 0 radical (unpaired) electrons. The summed E-state index contributed by atoms with van der Waals surface area (Å²) in [6, 6.07) is 4.01. The van der Waals surface area contributed by atoms with Crippen LogP contribution in [0.4, 0.5) is 0 Å². The lowest BCUT2D eigenvalue weighted by Gasteiger charge is -2.09. The quantitative estimate of drug-likeness (QED) is 0.879. The summed E-state index contributed by atoms with van der Waals surface area (Å²) in [4.78, 5) is 16.6. The molecule has 1 amide bonds. The molecule has 22 heavy (non-hydrogen) atoms. The second kappa shape index (κ2) is 6.70. The predicted octanol–water partition coefficient (Wildman–Crippen LogP) is 1.59. The smallest absolute Gasteiger partial charge is 0.254 e. The number of amides is 1. The fourth-order valence-electron chi connectivity index (χ4n) is 2.61. The number of aromatic amines is 1. The molecule has 6 nitrogen and oxygen atoms in total. The molecule has 0 aromatic carbocycles. The molecule has 0 bridgehead atoms. The average molecular weight is 300 g/mol. The third kappa shape index (κ3) is 3.33. The highest BCUT2D eigenvalue weighted by atomic mass is 16.5. The molecule has 3 heterocycles. The number of hydrogen-bond donors (Lipinski definition) is 2. The van der Waals surface area contributed by atoms with Crippen LogP contribution in [0.5, 0.6) is 0 Å². The monoisotopic (exact) mass is 300 g/mol. The Hall–Kier alpha value is -2.21. The third-order valence-electron chi connectivity index (χ3n) is 3.92. The Balaban J connectivity index is 1.56. The maximum atomic E-state index is 12.3. The third-order valence-corrected chi connectivity index (χ3v) is 3.92. The first-order valence-corrected chi connectivity index (χ1v) is 7.55. The molecule has 3 rings (SSSR count). The van der Waals surface area contributed by atoms with Gasteiger partial charge >= 0.3 is 0 Å². The molecule has 6 heteroatoms. The van der Waals surface area contributed by atoms with E-state index in [9.17, 15) is 4.79 Å². The van der Waals surface area contributed by atoms with E-state index in [0.29, 0.717) is 18.7 Å². The zero-order valence-corrected chi connectivity index (χ0v) is 12.6. The highest BCUT2D eigenvalue weighted by molar-refractivity contribution is 5.95. The van der Waals surface area contributed by atoms with Crippen molar-refractivity contribution in [1.29, 1.82) is 0 Å². The van der Waals surface area contributed by atoms with Gasteiger partial charge in [-0.15, -0.1) is 0 Å². The van der Waals surface area contributed by atoms with E-state index in [1.54, 1.807) is 6.20 Å². The highest BCUT2D eigenvalue weighted by Crippen LogP contribution is 2.25. The lowest BCUT2D eigenvalue weighted by molar-refractivity contribution is 0.0952. The Morgan fingerprint density at radius 3 is 3.09 bits per heavy atom. The molecule has 1 saturated heterocycles. The Morgan fingerprint density at radius 1 is 1.45 bits per heavy atom. The summed E-state index contributed by atoms with van der Waals surface area (Å²) in [5.41, 5.74) is 3.61. The molecule has 1 aliphatic heterocycles. The molecule has 1 fully saturated rings. The van der Waals surface area contributed by atoms with Gasteiger partial charge in [-0.2, -0.15) is 5.10 Å². The van der Waals surface area contributed by atoms with Crippen LogP contribution >= 0.6 is 0 Å². The van der Waals surface area contributed by atoms with E-state index >= 15 is 0 Å². The van der Waals surface area contributed by atoms with Crippen LogP contribution in [0.1, 0.15) is 39.6 Å². The summed E-state index contributed by atoms with van der Waals surface area (Å²) in [7, 11) is 0. The van der Waals surface area contributed by atoms with Crippen molar-refractivity contribution in [1.82, 2.24) is 20.5 Å². The number of hydrogen-bond acceptors (Lipinski definition) is 4. The first-order chi connectivity index (χ1) is 10.7. The SMILES string of the molecule is Cc1ccc(CCNC(=O)c2cn[nH]c2[C@@H]2CCOC2)cn1. The van der Waals surface area contributed by atoms with Gasteiger partial charge in [0.15, 0.2) is 0 Å². The number of rotatable bonds is 5. The van der Waals surface area contributed by atoms with Gasteiger partial charge in [0.2, 0.25) is 0 Å². The van der Waals surface area contributed by atoms with Gasteiger partial charge in [-0.05, 0) is 31.4 Å². The Kier molecular flexibility index (Phi) is 4.48. The van der Waals surface area contributed by atoms with Gasteiger partial charge in [-0.25, -0.2) is 0 Å². The summed E-state index contributed by atoms with van der Waals surface area (Å²) < 4.78 is 5.38. The fourth-order valence-corrected chi connectivity index (χ4v) is 2.61. The van der Waals surface area contributed by atoms with Crippen LogP contribution in [0.3, 0.4) is 0 Å². The molecule has 2 N–H and O–H groups in total. The number of H-pyrrole nitrogens is 1. The highest BCUT2D eigenvalue weighted by Gasteiger charge is 2.24. The molecule has 1 aliphatic rings. The van der Waals surface area contributed by atoms with E-state index in [4.69, 9.17) is 4.74 Å². The van der Waals surface area contributed by atoms with Gasteiger partial charge in [0.05, 0.1) is 24.1 Å². The maximum absolute atomic E-state index is 12.3. The van der Waals surface area contributed by atoms with Gasteiger partial charge in [0, 0.05) is 31.0 Å². The molecular formula is C16H20N4O2. The summed E-state index contributed by atoms with van der Waals surface area (Å²) in [6.07, 6.45) is 5.13. The van der Waals surface area contributed by atoms with E-state index in [-0.39, 0.29) is 11.8 Å². The van der Waals surface area contributed by atoms with Crippen molar-refractivity contribution in [2.24, 2.45) is 0 Å². The molecule has 116 valence electrons. The largest absolute Gasteiger partial charge is 0.381 e. The van der Waals surface area contributed by atoms with Crippen LogP contribution in [0.25, 0.3) is 0 Å². The minimum atomic E-state index is -0.0873. The molecule has 0 spiro atoms. The number of nitrogens with one attached hydrogen (secondary N) is 2. The zero-order chi connectivity index (χ0) is 15.4. The minimum Gasteiger partial charge on any atom is -0.381 e. The topological polar surface area (TPSA) is 79.9 Å². The van der Waals surface area contributed by atoms with E-state index in [1.165, 1.54) is 0 Å². The first-order valence-electron chi connectivity index (χ1n) is 7.55. The van der Waals surface area contributed by atoms with Gasteiger partial charge in [-0.3, -0.25) is 14.9 Å². The number of aryl methyl sites for hydroxylation is 1. The number of aromatic nitrogens is 3. The Bertz CT molecular complexity index is 630. The van der Waals surface area contributed by atoms with Gasteiger partial charge < -0.3 is 10.1 Å². The van der Waals surface area contributed by atoms with E-state index in [0.717, 1.165) is 36.4 Å². The van der Waals surface area contributed by atoms with E-state index < -0.39 is 0 Å². The second-order valence-corrected chi connectivity index (χ2v) is 5.57. The number of carbonyl (C=O) groups is 1. The van der Waals surface area contributed by atoms with Crippen molar-refractivity contribution in [3.05, 3.63) is 47.0 Å². The van der Waals surface area contributed by atoms with Crippen LogP contribution in [-0.4, -0.2) is 40.8 Å². The molecule has 1 atom stereocenters. The molecule has 2 aromatic heterocycles. The normalized spacial score (nSPS) is 17.6. The Morgan fingerprint density at radius 2 is 2.36 bits per heavy atom. The van der Waals surface area contributed by atoms with E-state index in [1.807, 2.05) is 25.3 Å². The number of ether oxygens (including phenoxy) is 1. The van der Waals surface area contributed by atoms with Crippen molar-refractivity contribution in [2.45, 2.75) is 25.7 Å². The minimum absolute atomic E-state index is 0.0873. The standard InChI is InChI=1S/C16H20N4O2/c1-11-2-3-12(8-18-11)4-6-17-16(21)14-9-19-20-15(14)13-5-7-22-10-13/h2-3,8-9,13H,4-7,10H2,1H3,(H,17,21)(H,19,20)/t13-/m1/s1. The number of carbonyl (C=O) groups excluding carboxylic acids is 1. The van der Waals surface area contributed by atoms with Crippen LogP contribution < -0.4 is 5.32 Å². The van der Waals surface area contributed by atoms with Crippen molar-refractivity contribution >= 4 is 5.91 Å². The van der Waals surface area contributed by atoms with Crippen LogP contribution in [0.2, 0.25) is 0 Å². The lowest BCUT2D eigenvalue weighted by atomic mass is 10.0. The summed E-state index contributed by atoms with van der Waals surface area (Å²) in [6.45, 7) is 3.93. The molecule has 2 aromatic rings. The summed E-state index contributed by atoms with van der Waals surface area (Å²) >= 11 is 0. The molecule has 0 saturated carbocycles. The van der Waals surface area contributed by atoms with Crippen LogP contribution in [-0.2, 0) is 11.2 Å². The van der Waals surface area contributed by atoms with Crippen molar-refractivity contribution in [3.8, 4) is 0 Å².